The van der Waals surface area contributed by atoms with Crippen molar-refractivity contribution in [1.82, 2.24) is 15.3 Å². The quantitative estimate of drug-likeness (QED) is 0.232. The monoisotopic (exact) mass is 352 g/mol. The number of imidazole rings is 1. The molecule has 0 saturated carbocycles. The lowest BCUT2D eigenvalue weighted by molar-refractivity contribution is -0.384. The summed E-state index contributed by atoms with van der Waals surface area (Å²) in [5.74, 6) is 0.216. The van der Waals surface area contributed by atoms with Gasteiger partial charge in [0.15, 0.2) is 0 Å². The van der Waals surface area contributed by atoms with Gasteiger partial charge >= 0.3 is 0 Å². The fraction of sp³-hybridized carbons (Fsp3) is 0.118. The number of H-pyrrole nitrogens is 1. The van der Waals surface area contributed by atoms with Crippen LogP contribution in [0.1, 0.15) is 16.8 Å². The van der Waals surface area contributed by atoms with E-state index >= 15 is 0 Å². The fourth-order valence-corrected chi connectivity index (χ4v) is 2.47. The van der Waals surface area contributed by atoms with E-state index in [-0.39, 0.29) is 30.4 Å². The maximum absolute atomic E-state index is 12.1. The van der Waals surface area contributed by atoms with Crippen molar-refractivity contribution in [2.45, 2.75) is 6.42 Å². The van der Waals surface area contributed by atoms with Crippen LogP contribution in [0, 0.1) is 15.5 Å². The summed E-state index contributed by atoms with van der Waals surface area (Å²) in [5, 5.41) is 20.7. The molecule has 0 aliphatic rings. The molecule has 0 atom stereocenters. The number of aromatic nitrogens is 2. The molecule has 26 heavy (non-hydrogen) atoms. The predicted octanol–water partition coefficient (Wildman–Crippen LogP) is 2.19. The minimum atomic E-state index is -0.463. The fourth-order valence-electron chi connectivity index (χ4n) is 2.47. The van der Waals surface area contributed by atoms with E-state index in [4.69, 9.17) is 11.1 Å². The Labute approximate surface area is 147 Å². The zero-order valence-corrected chi connectivity index (χ0v) is 13.7. The van der Waals surface area contributed by atoms with Gasteiger partial charge in [0.25, 0.3) is 11.6 Å². The molecule has 0 unspecified atom stereocenters. The van der Waals surface area contributed by atoms with Crippen molar-refractivity contribution in [2.75, 3.05) is 6.54 Å². The van der Waals surface area contributed by atoms with Gasteiger partial charge in [0.05, 0.1) is 21.8 Å². The number of amides is 1. The van der Waals surface area contributed by atoms with E-state index in [0.29, 0.717) is 28.0 Å². The minimum absolute atomic E-state index is 0.0101. The van der Waals surface area contributed by atoms with Crippen molar-refractivity contribution < 1.29 is 9.72 Å². The topological polar surface area (TPSA) is 151 Å². The summed E-state index contributed by atoms with van der Waals surface area (Å²) in [7, 11) is 0. The Morgan fingerprint density at radius 3 is 2.85 bits per heavy atom. The number of hydrogen-bond acceptors (Lipinski definition) is 5. The highest BCUT2D eigenvalue weighted by Gasteiger charge is 2.12. The number of nitro groups is 1. The van der Waals surface area contributed by atoms with Gasteiger partial charge in [-0.25, -0.2) is 4.98 Å². The molecule has 0 fully saturated rings. The van der Waals surface area contributed by atoms with Gasteiger partial charge in [0, 0.05) is 36.2 Å². The van der Waals surface area contributed by atoms with Crippen molar-refractivity contribution in [3.63, 3.8) is 0 Å². The zero-order chi connectivity index (χ0) is 18.7. The number of nitrogens with one attached hydrogen (secondary N) is 3. The first-order valence-electron chi connectivity index (χ1n) is 7.80. The van der Waals surface area contributed by atoms with Crippen molar-refractivity contribution >= 4 is 28.5 Å². The molecule has 1 heterocycles. The summed E-state index contributed by atoms with van der Waals surface area (Å²) in [6.07, 6.45) is 0.287. The first-order chi connectivity index (χ1) is 12.4. The summed E-state index contributed by atoms with van der Waals surface area (Å²) in [6.45, 7) is 0.286. The molecule has 0 aliphatic heterocycles. The third kappa shape index (κ3) is 3.66. The highest BCUT2D eigenvalue weighted by molar-refractivity contribution is 5.97. The van der Waals surface area contributed by atoms with Crippen LogP contribution >= 0.6 is 0 Å². The lowest BCUT2D eigenvalue weighted by Crippen LogP contribution is -2.27. The molecule has 3 aromatic rings. The Hall–Kier alpha value is -3.75. The van der Waals surface area contributed by atoms with Crippen LogP contribution < -0.4 is 11.1 Å². The van der Waals surface area contributed by atoms with E-state index in [0.717, 1.165) is 0 Å². The number of nitrogens with two attached hydrogens (primary N) is 1. The molecule has 2 aromatic carbocycles. The largest absolute Gasteiger partial charge is 0.388 e. The maximum Gasteiger partial charge on any atom is 0.270 e. The molecule has 0 saturated heterocycles. The number of amidine groups is 1. The van der Waals surface area contributed by atoms with Gasteiger partial charge in [-0.15, -0.1) is 0 Å². The van der Waals surface area contributed by atoms with E-state index < -0.39 is 4.92 Å². The van der Waals surface area contributed by atoms with Crippen LogP contribution in [0.25, 0.3) is 22.4 Å². The molecule has 1 amide bonds. The molecule has 3 rings (SSSR count). The van der Waals surface area contributed by atoms with Gasteiger partial charge in [-0.2, -0.15) is 0 Å². The molecule has 9 nitrogen and oxygen atoms in total. The van der Waals surface area contributed by atoms with Crippen LogP contribution in [0.2, 0.25) is 0 Å². The number of carbonyl (C=O) groups is 1. The molecule has 0 bridgehead atoms. The number of nitrogens with zero attached hydrogens (tertiary/aromatic N) is 2. The van der Waals surface area contributed by atoms with Crippen LogP contribution in [-0.4, -0.2) is 33.2 Å². The zero-order valence-electron chi connectivity index (χ0n) is 13.7. The summed E-state index contributed by atoms with van der Waals surface area (Å²) in [6, 6.07) is 11.2. The number of aromatic amines is 1. The van der Waals surface area contributed by atoms with Gasteiger partial charge in [-0.05, 0) is 18.2 Å². The smallest absolute Gasteiger partial charge is 0.270 e. The van der Waals surface area contributed by atoms with E-state index in [1.165, 1.54) is 12.1 Å². The molecule has 0 radical (unpaired) electrons. The number of carbonyl (C=O) groups excluding carboxylic acids is 1. The van der Waals surface area contributed by atoms with E-state index in [1.807, 2.05) is 0 Å². The van der Waals surface area contributed by atoms with Crippen LogP contribution in [0.15, 0.2) is 42.5 Å². The van der Waals surface area contributed by atoms with Crippen molar-refractivity contribution in [2.24, 2.45) is 5.73 Å². The van der Waals surface area contributed by atoms with Crippen LogP contribution in [-0.2, 0) is 0 Å². The standard InChI is InChI=1S/C17H16N6O3/c18-15(19)6-7-20-17(24)11-4-5-13-14(9-11)22-16(21-13)10-2-1-3-12(8-10)23(25)26/h1-5,8-9H,6-7H2,(H3,18,19)(H,20,24)(H,21,22). The Balaban J connectivity index is 1.85. The van der Waals surface area contributed by atoms with Crippen molar-refractivity contribution in [3.8, 4) is 11.4 Å². The average molecular weight is 352 g/mol. The normalized spacial score (nSPS) is 10.6. The first-order valence-corrected chi connectivity index (χ1v) is 7.80. The van der Waals surface area contributed by atoms with Gasteiger partial charge < -0.3 is 16.0 Å². The summed E-state index contributed by atoms with van der Waals surface area (Å²) in [4.78, 5) is 30.1. The average Bonchev–Trinajstić information content (AvgIpc) is 3.04. The number of benzene rings is 2. The second-order valence-electron chi connectivity index (χ2n) is 5.66. The molecule has 5 N–H and O–H groups in total. The van der Waals surface area contributed by atoms with Crippen molar-refractivity contribution in [1.29, 1.82) is 5.41 Å². The number of hydrogen-bond donors (Lipinski definition) is 4. The summed E-state index contributed by atoms with van der Waals surface area (Å²) >= 11 is 0. The first kappa shape index (κ1) is 17.1. The Bertz CT molecular complexity index is 1010. The SMILES string of the molecule is N=C(N)CCNC(=O)c1ccc2nc(-c3cccc([N+](=O)[O-])c3)[nH]c2c1. The van der Waals surface area contributed by atoms with E-state index in [2.05, 4.69) is 15.3 Å². The number of non-ortho nitro benzene ring substituents is 1. The van der Waals surface area contributed by atoms with Gasteiger partial charge in [0.2, 0.25) is 0 Å². The van der Waals surface area contributed by atoms with Crippen LogP contribution in [0.4, 0.5) is 5.69 Å². The highest BCUT2D eigenvalue weighted by Crippen LogP contribution is 2.24. The second-order valence-corrected chi connectivity index (χ2v) is 5.66. The molecular weight excluding hydrogens is 336 g/mol. The minimum Gasteiger partial charge on any atom is -0.388 e. The highest BCUT2D eigenvalue weighted by atomic mass is 16.6. The number of nitro benzene ring substituents is 1. The molecule has 132 valence electrons. The Morgan fingerprint density at radius 1 is 1.31 bits per heavy atom. The maximum atomic E-state index is 12.1. The third-order valence-corrected chi connectivity index (χ3v) is 3.75. The third-order valence-electron chi connectivity index (χ3n) is 3.75. The van der Waals surface area contributed by atoms with E-state index in [1.54, 1.807) is 30.3 Å². The van der Waals surface area contributed by atoms with Crippen LogP contribution in [0.3, 0.4) is 0 Å². The Kier molecular flexibility index (Phi) is 4.61. The van der Waals surface area contributed by atoms with Crippen LogP contribution in [0.5, 0.6) is 0 Å². The summed E-state index contributed by atoms with van der Waals surface area (Å²) < 4.78 is 0. The Morgan fingerprint density at radius 2 is 2.12 bits per heavy atom. The number of rotatable bonds is 6. The number of fused-ring (bicyclic) bond motifs is 1. The molecular formula is C17H16N6O3. The van der Waals surface area contributed by atoms with Crippen molar-refractivity contribution in [3.05, 3.63) is 58.1 Å². The molecule has 0 spiro atoms. The molecule has 1 aromatic heterocycles. The van der Waals surface area contributed by atoms with Gasteiger partial charge in [-0.1, -0.05) is 12.1 Å². The van der Waals surface area contributed by atoms with Gasteiger partial charge in [-0.3, -0.25) is 20.3 Å². The van der Waals surface area contributed by atoms with E-state index in [9.17, 15) is 14.9 Å². The second kappa shape index (κ2) is 7.01. The lowest BCUT2D eigenvalue weighted by atomic mass is 10.2. The molecule has 9 heteroatoms. The van der Waals surface area contributed by atoms with Gasteiger partial charge in [0.1, 0.15) is 5.82 Å². The molecule has 0 aliphatic carbocycles. The predicted molar refractivity (Wildman–Crippen MR) is 97.0 cm³/mol. The lowest BCUT2D eigenvalue weighted by Gasteiger charge is -2.04. The summed E-state index contributed by atoms with van der Waals surface area (Å²) in [5.41, 5.74) is 7.55.